The third kappa shape index (κ3) is 3.48. The summed E-state index contributed by atoms with van der Waals surface area (Å²) in [6, 6.07) is 14.7. The fourth-order valence-corrected chi connectivity index (χ4v) is 4.00. The molecule has 2 amide bonds. The standard InChI is InChI=1S/C23H23N5O3/c1-15-7-8-16-9-10-19(25-20(16)24-15)28-21(29)17-5-3-4-6-18(17)22(28)31-23(30)27-13-11-26(2)12-14-27/h3-10,22H,11-14H2,1-2H3. The topological polar surface area (TPSA) is 78.9 Å². The minimum absolute atomic E-state index is 0.244. The Morgan fingerprint density at radius 3 is 2.55 bits per heavy atom. The maximum atomic E-state index is 13.3. The molecule has 2 aliphatic rings. The molecule has 0 N–H and O–H groups in total. The van der Waals surface area contributed by atoms with E-state index in [-0.39, 0.29) is 5.91 Å². The molecule has 4 heterocycles. The van der Waals surface area contributed by atoms with Crippen LogP contribution in [0.3, 0.4) is 0 Å². The van der Waals surface area contributed by atoms with Crippen LogP contribution in [-0.4, -0.2) is 65.0 Å². The minimum Gasteiger partial charge on any atom is -0.420 e. The number of ether oxygens (including phenoxy) is 1. The zero-order chi connectivity index (χ0) is 21.5. The second-order valence-electron chi connectivity index (χ2n) is 7.96. The van der Waals surface area contributed by atoms with Crippen LogP contribution in [0.1, 0.15) is 27.8 Å². The SMILES string of the molecule is Cc1ccc2ccc(N3C(=O)c4ccccc4C3OC(=O)N3CCN(C)CC3)nc2n1. The van der Waals surface area contributed by atoms with Gasteiger partial charge in [-0.25, -0.2) is 14.8 Å². The van der Waals surface area contributed by atoms with Crippen LogP contribution in [0.4, 0.5) is 10.6 Å². The molecule has 0 aliphatic carbocycles. The van der Waals surface area contributed by atoms with Gasteiger partial charge in [-0.2, -0.15) is 0 Å². The molecule has 1 aromatic carbocycles. The number of rotatable bonds is 2. The van der Waals surface area contributed by atoms with Gasteiger partial charge in [-0.3, -0.25) is 9.69 Å². The summed E-state index contributed by atoms with van der Waals surface area (Å²) in [6.07, 6.45) is -1.30. The zero-order valence-electron chi connectivity index (χ0n) is 17.5. The van der Waals surface area contributed by atoms with Crippen LogP contribution in [0, 0.1) is 6.92 Å². The van der Waals surface area contributed by atoms with Gasteiger partial charge in [0, 0.05) is 48.4 Å². The predicted molar refractivity (Wildman–Crippen MR) is 116 cm³/mol. The molecule has 31 heavy (non-hydrogen) atoms. The molecule has 158 valence electrons. The number of hydrogen-bond donors (Lipinski definition) is 0. The van der Waals surface area contributed by atoms with Crippen molar-refractivity contribution in [2.75, 3.05) is 38.1 Å². The molecule has 8 heteroatoms. The zero-order valence-corrected chi connectivity index (χ0v) is 17.5. The predicted octanol–water partition coefficient (Wildman–Crippen LogP) is 2.98. The van der Waals surface area contributed by atoms with Crippen LogP contribution in [-0.2, 0) is 4.74 Å². The van der Waals surface area contributed by atoms with Crippen molar-refractivity contribution in [2.45, 2.75) is 13.2 Å². The van der Waals surface area contributed by atoms with Crippen LogP contribution in [0.15, 0.2) is 48.5 Å². The lowest BCUT2D eigenvalue weighted by atomic mass is 10.1. The van der Waals surface area contributed by atoms with Crippen molar-refractivity contribution >= 4 is 28.9 Å². The van der Waals surface area contributed by atoms with Crippen LogP contribution in [0.2, 0.25) is 0 Å². The average Bonchev–Trinajstić information content (AvgIpc) is 3.05. The smallest absolute Gasteiger partial charge is 0.412 e. The van der Waals surface area contributed by atoms with Crippen molar-refractivity contribution in [1.82, 2.24) is 19.8 Å². The summed E-state index contributed by atoms with van der Waals surface area (Å²) >= 11 is 0. The monoisotopic (exact) mass is 417 g/mol. The average molecular weight is 417 g/mol. The van der Waals surface area contributed by atoms with Crippen LogP contribution in [0.25, 0.3) is 11.0 Å². The molecule has 1 fully saturated rings. The first-order chi connectivity index (χ1) is 15.0. The maximum absolute atomic E-state index is 13.3. The summed E-state index contributed by atoms with van der Waals surface area (Å²) in [6.45, 7) is 4.65. The number of carbonyl (C=O) groups is 2. The highest BCUT2D eigenvalue weighted by Gasteiger charge is 2.41. The van der Waals surface area contributed by atoms with E-state index in [2.05, 4.69) is 14.9 Å². The Kier molecular flexibility index (Phi) is 4.78. The molecule has 1 saturated heterocycles. The summed E-state index contributed by atoms with van der Waals surface area (Å²) in [5.41, 5.74) is 2.56. The van der Waals surface area contributed by atoms with Crippen molar-refractivity contribution in [1.29, 1.82) is 0 Å². The van der Waals surface area contributed by atoms with Gasteiger partial charge in [0.05, 0.1) is 0 Å². The van der Waals surface area contributed by atoms with Crippen molar-refractivity contribution in [3.63, 3.8) is 0 Å². The number of likely N-dealkylation sites (N-methyl/N-ethyl adjacent to an activating group) is 1. The van der Waals surface area contributed by atoms with E-state index in [0.717, 1.165) is 24.2 Å². The van der Waals surface area contributed by atoms with Gasteiger partial charge < -0.3 is 14.5 Å². The molecule has 0 spiro atoms. The van der Waals surface area contributed by atoms with Gasteiger partial charge in [0.15, 0.2) is 5.65 Å². The highest BCUT2D eigenvalue weighted by atomic mass is 16.6. The number of piperazine rings is 1. The molecule has 5 rings (SSSR count). The lowest BCUT2D eigenvalue weighted by Crippen LogP contribution is -2.48. The summed E-state index contributed by atoms with van der Waals surface area (Å²) < 4.78 is 5.90. The van der Waals surface area contributed by atoms with Crippen molar-refractivity contribution in [3.05, 3.63) is 65.4 Å². The Balaban J connectivity index is 1.51. The van der Waals surface area contributed by atoms with E-state index in [0.29, 0.717) is 35.7 Å². The van der Waals surface area contributed by atoms with E-state index in [1.807, 2.05) is 44.3 Å². The third-order valence-electron chi connectivity index (χ3n) is 5.81. The van der Waals surface area contributed by atoms with E-state index in [9.17, 15) is 9.59 Å². The van der Waals surface area contributed by atoms with E-state index in [4.69, 9.17) is 4.74 Å². The molecule has 3 aromatic rings. The van der Waals surface area contributed by atoms with Gasteiger partial charge >= 0.3 is 6.09 Å². The van der Waals surface area contributed by atoms with Gasteiger partial charge in [0.1, 0.15) is 5.82 Å². The van der Waals surface area contributed by atoms with E-state index >= 15 is 0 Å². The highest BCUT2D eigenvalue weighted by Crippen LogP contribution is 2.38. The Bertz CT molecular complexity index is 1170. The van der Waals surface area contributed by atoms with Crippen LogP contribution in [0.5, 0.6) is 0 Å². The second-order valence-corrected chi connectivity index (χ2v) is 7.96. The first kappa shape index (κ1) is 19.4. The lowest BCUT2D eigenvalue weighted by Gasteiger charge is -2.33. The Morgan fingerprint density at radius 1 is 1.00 bits per heavy atom. The molecule has 0 radical (unpaired) electrons. The summed E-state index contributed by atoms with van der Waals surface area (Å²) in [7, 11) is 2.03. The number of amides is 2. The quantitative estimate of drug-likeness (QED) is 0.638. The maximum Gasteiger partial charge on any atom is 0.412 e. The number of hydrogen-bond acceptors (Lipinski definition) is 6. The molecule has 2 aliphatic heterocycles. The molecular formula is C23H23N5O3. The van der Waals surface area contributed by atoms with Gasteiger partial charge in [-0.1, -0.05) is 18.2 Å². The highest BCUT2D eigenvalue weighted by molar-refractivity contribution is 6.10. The first-order valence-electron chi connectivity index (χ1n) is 10.3. The van der Waals surface area contributed by atoms with Crippen LogP contribution < -0.4 is 4.90 Å². The summed E-state index contributed by atoms with van der Waals surface area (Å²) in [5.74, 6) is 0.161. The van der Waals surface area contributed by atoms with Crippen molar-refractivity contribution in [2.24, 2.45) is 0 Å². The van der Waals surface area contributed by atoms with Gasteiger partial charge in [0.2, 0.25) is 6.23 Å². The number of anilines is 1. The van der Waals surface area contributed by atoms with Gasteiger partial charge in [-0.05, 0) is 44.3 Å². The number of aryl methyl sites for hydroxylation is 1. The molecule has 0 bridgehead atoms. The molecule has 2 aromatic heterocycles. The normalized spacial score (nSPS) is 19.0. The van der Waals surface area contributed by atoms with E-state index < -0.39 is 12.3 Å². The number of aromatic nitrogens is 2. The van der Waals surface area contributed by atoms with E-state index in [1.165, 1.54) is 4.90 Å². The number of pyridine rings is 2. The number of nitrogens with zero attached hydrogens (tertiary/aromatic N) is 5. The number of benzene rings is 1. The molecular weight excluding hydrogens is 394 g/mol. The first-order valence-corrected chi connectivity index (χ1v) is 10.3. The second kappa shape index (κ2) is 7.63. The van der Waals surface area contributed by atoms with Gasteiger partial charge in [0.25, 0.3) is 5.91 Å². The van der Waals surface area contributed by atoms with Crippen molar-refractivity contribution in [3.8, 4) is 0 Å². The third-order valence-corrected chi connectivity index (χ3v) is 5.81. The fraction of sp³-hybridized carbons (Fsp3) is 0.304. The van der Waals surface area contributed by atoms with Crippen molar-refractivity contribution < 1.29 is 14.3 Å². The number of carbonyl (C=O) groups excluding carboxylic acids is 2. The fourth-order valence-electron chi connectivity index (χ4n) is 4.00. The van der Waals surface area contributed by atoms with E-state index in [1.54, 1.807) is 23.1 Å². The Morgan fingerprint density at radius 2 is 1.74 bits per heavy atom. The minimum atomic E-state index is -0.870. The summed E-state index contributed by atoms with van der Waals surface area (Å²) in [4.78, 5) is 40.6. The number of fused-ring (bicyclic) bond motifs is 2. The Labute approximate surface area is 180 Å². The molecule has 0 saturated carbocycles. The summed E-state index contributed by atoms with van der Waals surface area (Å²) in [5, 5.41) is 0.879. The largest absolute Gasteiger partial charge is 0.420 e. The molecule has 8 nitrogen and oxygen atoms in total. The Hall–Kier alpha value is -3.52. The lowest BCUT2D eigenvalue weighted by molar-refractivity contribution is 0.0489. The van der Waals surface area contributed by atoms with Gasteiger partial charge in [-0.15, -0.1) is 0 Å². The molecule has 1 unspecified atom stereocenters. The molecule has 1 atom stereocenters. The van der Waals surface area contributed by atoms with Crippen LogP contribution >= 0.6 is 0 Å².